The minimum atomic E-state index is -0.136. The van der Waals surface area contributed by atoms with Crippen LogP contribution in [0.2, 0.25) is 0 Å². The van der Waals surface area contributed by atoms with Gasteiger partial charge in [-0.2, -0.15) is 5.26 Å². The van der Waals surface area contributed by atoms with Gasteiger partial charge in [-0.25, -0.2) is 0 Å². The molecule has 0 radical (unpaired) electrons. The van der Waals surface area contributed by atoms with Gasteiger partial charge in [0.25, 0.3) is 0 Å². The van der Waals surface area contributed by atoms with Crippen molar-refractivity contribution in [1.29, 1.82) is 5.26 Å². The first-order valence-electron chi connectivity index (χ1n) is 10.8. The summed E-state index contributed by atoms with van der Waals surface area (Å²) in [5.41, 5.74) is 1.93. The van der Waals surface area contributed by atoms with Crippen LogP contribution in [0.15, 0.2) is 24.3 Å². The van der Waals surface area contributed by atoms with Crippen molar-refractivity contribution in [2.24, 2.45) is 5.92 Å². The highest BCUT2D eigenvalue weighted by molar-refractivity contribution is 5.95. The maximum Gasteiger partial charge on any atom is 0.234 e. The van der Waals surface area contributed by atoms with Crippen molar-refractivity contribution in [3.05, 3.63) is 29.8 Å². The van der Waals surface area contributed by atoms with Gasteiger partial charge in [0.05, 0.1) is 6.07 Å². The first-order chi connectivity index (χ1) is 14.0. The molecule has 1 amide bonds. The second-order valence-corrected chi connectivity index (χ2v) is 8.34. The van der Waals surface area contributed by atoms with Crippen LogP contribution in [0.4, 0.5) is 5.69 Å². The Balaban J connectivity index is 1.36. The van der Waals surface area contributed by atoms with Gasteiger partial charge in [-0.15, -0.1) is 0 Å². The number of nitrogens with zero attached hydrogens (tertiary/aromatic N) is 3. The molecule has 1 saturated heterocycles. The molecule has 3 rings (SSSR count). The SMILES string of the molecule is CC(=O)c1cccc(N2CCN(CC[C@H]3CC[C@H](NC(=O)CC#N)CC3)CC2)c1. The monoisotopic (exact) mass is 396 g/mol. The number of carbonyl (C=O) groups is 2. The van der Waals surface area contributed by atoms with E-state index in [1.807, 2.05) is 24.3 Å². The van der Waals surface area contributed by atoms with Crippen molar-refractivity contribution >= 4 is 17.4 Å². The van der Waals surface area contributed by atoms with Crippen LogP contribution in [0, 0.1) is 17.2 Å². The molecule has 2 fully saturated rings. The molecule has 0 spiro atoms. The van der Waals surface area contributed by atoms with Gasteiger partial charge in [0, 0.05) is 43.5 Å². The van der Waals surface area contributed by atoms with E-state index in [-0.39, 0.29) is 24.2 Å². The Kier molecular flexibility index (Phi) is 7.65. The number of ketones is 1. The molecule has 1 saturated carbocycles. The number of hydrogen-bond donors (Lipinski definition) is 1. The van der Waals surface area contributed by atoms with Gasteiger partial charge in [0.15, 0.2) is 5.78 Å². The molecular formula is C23H32N4O2. The lowest BCUT2D eigenvalue weighted by Gasteiger charge is -2.37. The van der Waals surface area contributed by atoms with Crippen molar-refractivity contribution in [3.63, 3.8) is 0 Å². The number of piperazine rings is 1. The molecule has 6 heteroatoms. The molecule has 1 aliphatic heterocycles. The maximum atomic E-state index is 11.6. The number of carbonyl (C=O) groups excluding carboxylic acids is 2. The van der Waals surface area contributed by atoms with Crippen LogP contribution in [-0.4, -0.2) is 55.4 Å². The molecule has 1 aromatic carbocycles. The number of amides is 1. The van der Waals surface area contributed by atoms with Crippen molar-refractivity contribution in [2.45, 2.75) is 51.5 Å². The second kappa shape index (κ2) is 10.4. The average Bonchev–Trinajstić information content (AvgIpc) is 2.74. The van der Waals surface area contributed by atoms with Crippen LogP contribution in [0.5, 0.6) is 0 Å². The molecule has 0 aromatic heterocycles. The molecule has 1 aliphatic carbocycles. The fraction of sp³-hybridized carbons (Fsp3) is 0.609. The molecule has 156 valence electrons. The Labute approximate surface area is 173 Å². The van der Waals surface area contributed by atoms with Gasteiger partial charge in [-0.3, -0.25) is 14.5 Å². The highest BCUT2D eigenvalue weighted by Crippen LogP contribution is 2.27. The minimum absolute atomic E-state index is 0.0368. The lowest BCUT2D eigenvalue weighted by Crippen LogP contribution is -2.47. The zero-order valence-electron chi connectivity index (χ0n) is 17.4. The number of rotatable bonds is 7. The Hall–Kier alpha value is -2.39. The third kappa shape index (κ3) is 6.30. The maximum absolute atomic E-state index is 11.6. The van der Waals surface area contributed by atoms with Crippen molar-refractivity contribution < 1.29 is 9.59 Å². The van der Waals surface area contributed by atoms with Gasteiger partial charge in [-0.05, 0) is 63.6 Å². The summed E-state index contributed by atoms with van der Waals surface area (Å²) in [6.07, 6.45) is 5.57. The third-order valence-corrected chi connectivity index (χ3v) is 6.30. The molecule has 1 N–H and O–H groups in total. The zero-order chi connectivity index (χ0) is 20.6. The normalized spacial score (nSPS) is 22.7. The van der Waals surface area contributed by atoms with Crippen molar-refractivity contribution in [3.8, 4) is 6.07 Å². The van der Waals surface area contributed by atoms with Crippen LogP contribution in [0.1, 0.15) is 55.8 Å². The fourth-order valence-corrected chi connectivity index (χ4v) is 4.46. The Morgan fingerprint density at radius 1 is 1.14 bits per heavy atom. The first-order valence-corrected chi connectivity index (χ1v) is 10.8. The van der Waals surface area contributed by atoms with Gasteiger partial charge in [-0.1, -0.05) is 12.1 Å². The van der Waals surface area contributed by atoms with E-state index in [0.29, 0.717) is 0 Å². The first kappa shape index (κ1) is 21.3. The molecule has 0 bridgehead atoms. The van der Waals surface area contributed by atoms with E-state index in [2.05, 4.69) is 21.2 Å². The van der Waals surface area contributed by atoms with Gasteiger partial charge >= 0.3 is 0 Å². The number of Topliss-reactive ketones (excluding diaryl/α,β-unsaturated/α-hetero) is 1. The Morgan fingerprint density at radius 2 is 1.86 bits per heavy atom. The van der Waals surface area contributed by atoms with Crippen molar-refractivity contribution in [2.75, 3.05) is 37.6 Å². The summed E-state index contributed by atoms with van der Waals surface area (Å²) in [5, 5.41) is 11.6. The van der Waals surface area contributed by atoms with Crippen LogP contribution in [0.3, 0.4) is 0 Å². The standard InChI is InChI=1S/C23H32N4O2/c1-18(28)20-3-2-4-22(17-20)27-15-13-26(14-16-27)12-10-19-5-7-21(8-6-19)25-23(29)9-11-24/h2-4,17,19,21H,5-10,12-16H2,1H3,(H,25,29)/t19-,21-. The van der Waals surface area contributed by atoms with Crippen LogP contribution in [0.25, 0.3) is 0 Å². The predicted octanol–water partition coefficient (Wildman–Crippen LogP) is 2.99. The summed E-state index contributed by atoms with van der Waals surface area (Å²) in [5.74, 6) is 0.719. The van der Waals surface area contributed by atoms with Crippen LogP contribution < -0.4 is 10.2 Å². The van der Waals surface area contributed by atoms with E-state index < -0.39 is 0 Å². The summed E-state index contributed by atoms with van der Waals surface area (Å²) in [6, 6.07) is 10.1. The third-order valence-electron chi connectivity index (χ3n) is 6.30. The van der Waals surface area contributed by atoms with E-state index in [9.17, 15) is 9.59 Å². The number of anilines is 1. The molecule has 29 heavy (non-hydrogen) atoms. The molecular weight excluding hydrogens is 364 g/mol. The molecule has 1 heterocycles. The number of hydrogen-bond acceptors (Lipinski definition) is 5. The predicted molar refractivity (Wildman–Crippen MR) is 114 cm³/mol. The highest BCUT2D eigenvalue weighted by Gasteiger charge is 2.24. The molecule has 6 nitrogen and oxygen atoms in total. The molecule has 2 aliphatic rings. The van der Waals surface area contributed by atoms with E-state index in [0.717, 1.165) is 75.6 Å². The quantitative estimate of drug-likeness (QED) is 0.717. The van der Waals surface area contributed by atoms with E-state index in [4.69, 9.17) is 5.26 Å². The number of nitriles is 1. The van der Waals surface area contributed by atoms with Gasteiger partial charge in [0.1, 0.15) is 6.42 Å². The zero-order valence-corrected chi connectivity index (χ0v) is 17.4. The summed E-state index contributed by atoms with van der Waals surface area (Å²) in [6.45, 7) is 6.87. The van der Waals surface area contributed by atoms with Crippen LogP contribution >= 0.6 is 0 Å². The summed E-state index contributed by atoms with van der Waals surface area (Å²) < 4.78 is 0. The second-order valence-electron chi connectivity index (χ2n) is 8.34. The molecule has 0 unspecified atom stereocenters. The van der Waals surface area contributed by atoms with E-state index in [1.165, 1.54) is 6.42 Å². The fourth-order valence-electron chi connectivity index (χ4n) is 4.46. The van der Waals surface area contributed by atoms with Crippen molar-refractivity contribution in [1.82, 2.24) is 10.2 Å². The van der Waals surface area contributed by atoms with E-state index in [1.54, 1.807) is 6.92 Å². The number of benzene rings is 1. The molecule has 0 atom stereocenters. The minimum Gasteiger partial charge on any atom is -0.369 e. The summed E-state index contributed by atoms with van der Waals surface area (Å²) >= 11 is 0. The Morgan fingerprint density at radius 3 is 2.52 bits per heavy atom. The molecule has 1 aromatic rings. The van der Waals surface area contributed by atoms with Gasteiger partial charge < -0.3 is 10.2 Å². The topological polar surface area (TPSA) is 76.4 Å². The lowest BCUT2D eigenvalue weighted by atomic mass is 9.84. The van der Waals surface area contributed by atoms with E-state index >= 15 is 0 Å². The highest BCUT2D eigenvalue weighted by atomic mass is 16.1. The lowest BCUT2D eigenvalue weighted by molar-refractivity contribution is -0.121. The average molecular weight is 397 g/mol. The smallest absolute Gasteiger partial charge is 0.234 e. The van der Waals surface area contributed by atoms with Gasteiger partial charge in [0.2, 0.25) is 5.91 Å². The Bertz CT molecular complexity index is 741. The van der Waals surface area contributed by atoms with Crippen LogP contribution in [-0.2, 0) is 4.79 Å². The largest absolute Gasteiger partial charge is 0.369 e. The summed E-state index contributed by atoms with van der Waals surface area (Å²) in [4.78, 5) is 28.1. The number of nitrogens with one attached hydrogen (secondary N) is 1. The summed E-state index contributed by atoms with van der Waals surface area (Å²) in [7, 11) is 0.